The third-order valence-electron chi connectivity index (χ3n) is 2.39. The highest BCUT2D eigenvalue weighted by Gasteiger charge is 2.27. The van der Waals surface area contributed by atoms with Crippen molar-refractivity contribution in [1.29, 1.82) is 0 Å². The lowest BCUT2D eigenvalue weighted by molar-refractivity contribution is 0.0246. The molecule has 1 atom stereocenters. The molecule has 0 spiro atoms. The highest BCUT2D eigenvalue weighted by molar-refractivity contribution is 9.10. The molecule has 0 saturated carbocycles. The fraction of sp³-hybridized carbons (Fsp3) is 1.00. The van der Waals surface area contributed by atoms with Gasteiger partial charge in [0.15, 0.2) is 0 Å². The molecule has 0 heterocycles. The van der Waals surface area contributed by atoms with Crippen LogP contribution in [0.5, 0.6) is 0 Å². The number of hydrogen-bond acceptors (Lipinski definition) is 5. The van der Waals surface area contributed by atoms with Crippen molar-refractivity contribution >= 4 is 48.1 Å². The molecule has 4 N–H and O–H groups in total. The monoisotopic (exact) mass is 458 g/mol. The topological polar surface area (TPSA) is 90.2 Å². The molecule has 0 aromatic heterocycles. The predicted octanol–water partition coefficient (Wildman–Crippen LogP) is 1.40. The van der Waals surface area contributed by atoms with E-state index < -0.39 is 5.41 Å². The highest BCUT2D eigenvalue weighted by atomic mass is 79.9. The van der Waals surface area contributed by atoms with E-state index in [1.54, 1.807) is 0 Å². The first-order valence-electron chi connectivity index (χ1n) is 5.20. The van der Waals surface area contributed by atoms with Gasteiger partial charge < -0.3 is 20.4 Å². The normalized spacial score (nSPS) is 13.8. The molecule has 0 aliphatic rings. The molecule has 18 heavy (non-hydrogen) atoms. The molecule has 0 aliphatic carbocycles. The van der Waals surface area contributed by atoms with Gasteiger partial charge in [-0.05, 0) is 0 Å². The number of halogens is 3. The maximum atomic E-state index is 8.76. The van der Waals surface area contributed by atoms with E-state index in [-0.39, 0.29) is 36.9 Å². The molecule has 0 aromatic rings. The summed E-state index contributed by atoms with van der Waals surface area (Å²) in [5.74, 6) is 0. The average Bonchev–Trinajstić information content (AvgIpc) is 2.41. The molecule has 8 heteroatoms. The van der Waals surface area contributed by atoms with Crippen LogP contribution in [0.2, 0.25) is 0 Å². The molecule has 0 saturated heterocycles. The van der Waals surface area contributed by atoms with Crippen LogP contribution in [0.4, 0.5) is 0 Å². The predicted molar refractivity (Wildman–Crippen MR) is 81.1 cm³/mol. The SMILES string of the molecule is CC(C)(CO)C(Br)OBr.OCC(CO)(CO)CBr. The first-order chi connectivity index (χ1) is 8.28. The lowest BCUT2D eigenvalue weighted by Crippen LogP contribution is -2.35. The largest absolute Gasteiger partial charge is 0.396 e. The summed E-state index contributed by atoms with van der Waals surface area (Å²) in [7, 11) is 0. The number of aliphatic hydroxyl groups excluding tert-OH is 4. The fourth-order valence-corrected chi connectivity index (χ4v) is 1.65. The zero-order valence-electron chi connectivity index (χ0n) is 10.4. The summed E-state index contributed by atoms with van der Waals surface area (Å²) >= 11 is 9.14. The quantitative estimate of drug-likeness (QED) is 0.431. The molecule has 0 fully saturated rings. The van der Waals surface area contributed by atoms with Crippen LogP contribution >= 0.6 is 48.1 Å². The van der Waals surface area contributed by atoms with Crippen molar-refractivity contribution in [3.63, 3.8) is 0 Å². The Balaban J connectivity index is 0. The Labute approximate surface area is 133 Å². The minimum atomic E-state index is -0.750. The maximum absolute atomic E-state index is 8.76. The van der Waals surface area contributed by atoms with E-state index >= 15 is 0 Å². The Morgan fingerprint density at radius 1 is 1.00 bits per heavy atom. The van der Waals surface area contributed by atoms with Gasteiger partial charge in [-0.3, -0.25) is 3.83 Å². The van der Waals surface area contributed by atoms with Gasteiger partial charge in [0.1, 0.15) is 5.01 Å². The van der Waals surface area contributed by atoms with Crippen molar-refractivity contribution in [3.05, 3.63) is 0 Å². The number of aliphatic hydroxyl groups is 4. The molecule has 0 aliphatic heterocycles. The molecule has 0 amide bonds. The fourth-order valence-electron chi connectivity index (χ4n) is 0.469. The van der Waals surface area contributed by atoms with E-state index in [1.165, 1.54) is 0 Å². The standard InChI is InChI=1S/C5H10Br2O2.C5H11BrO3/c1-5(2,3-8)4(6)9-7;6-1-5(2-7,3-8)4-9/h4,8H,3H2,1-2H3;7-9H,1-4H2. The lowest BCUT2D eigenvalue weighted by atomic mass is 9.95. The van der Waals surface area contributed by atoms with Gasteiger partial charge in [0.2, 0.25) is 0 Å². The summed E-state index contributed by atoms with van der Waals surface area (Å²) in [6.45, 7) is 3.28. The average molecular weight is 461 g/mol. The molecule has 5 nitrogen and oxygen atoms in total. The molecule has 0 bridgehead atoms. The minimum absolute atomic E-state index is 0.0918. The van der Waals surface area contributed by atoms with Gasteiger partial charge in [0.05, 0.1) is 42.7 Å². The van der Waals surface area contributed by atoms with E-state index in [0.29, 0.717) is 5.33 Å². The van der Waals surface area contributed by atoms with Crippen LogP contribution in [-0.2, 0) is 3.83 Å². The molecule has 112 valence electrons. The number of rotatable bonds is 7. The molecular formula is C10H21Br3O5. The molecule has 0 rings (SSSR count). The molecule has 0 aromatic carbocycles. The Morgan fingerprint density at radius 3 is 1.44 bits per heavy atom. The van der Waals surface area contributed by atoms with Gasteiger partial charge in [-0.25, -0.2) is 0 Å². The van der Waals surface area contributed by atoms with Gasteiger partial charge in [0, 0.05) is 16.2 Å². The summed E-state index contributed by atoms with van der Waals surface area (Å²) in [5.41, 5.74) is -0.997. The van der Waals surface area contributed by atoms with E-state index in [2.05, 4.69) is 48.1 Å². The summed E-state index contributed by atoms with van der Waals surface area (Å²) in [5, 5.41) is 34.9. The van der Waals surface area contributed by atoms with Gasteiger partial charge in [-0.15, -0.1) is 0 Å². The Kier molecular flexibility index (Phi) is 13.1. The van der Waals surface area contributed by atoms with Gasteiger partial charge >= 0.3 is 0 Å². The summed E-state index contributed by atoms with van der Waals surface area (Å²) in [6.07, 6.45) is 0. The van der Waals surface area contributed by atoms with Crippen LogP contribution < -0.4 is 0 Å². The smallest absolute Gasteiger partial charge is 0.134 e. The van der Waals surface area contributed by atoms with E-state index in [0.717, 1.165) is 0 Å². The Hall–Kier alpha value is 1.24. The van der Waals surface area contributed by atoms with E-state index in [9.17, 15) is 0 Å². The summed E-state index contributed by atoms with van der Waals surface area (Å²) < 4.78 is 4.78. The van der Waals surface area contributed by atoms with Gasteiger partial charge in [-0.1, -0.05) is 45.7 Å². The number of hydrogen-bond donors (Lipinski definition) is 4. The van der Waals surface area contributed by atoms with Crippen molar-refractivity contribution in [3.8, 4) is 0 Å². The molecule has 0 radical (unpaired) electrons. The summed E-state index contributed by atoms with van der Waals surface area (Å²) in [4.78, 5) is 0. The van der Waals surface area contributed by atoms with Crippen LogP contribution in [0.15, 0.2) is 0 Å². The minimum Gasteiger partial charge on any atom is -0.396 e. The molecular weight excluding hydrogens is 440 g/mol. The van der Waals surface area contributed by atoms with Crippen molar-refractivity contribution in [1.82, 2.24) is 0 Å². The zero-order chi connectivity index (χ0) is 14.8. The number of alkyl halides is 2. The first-order valence-corrected chi connectivity index (χ1v) is 7.88. The second-order valence-corrected chi connectivity index (χ2v) is 6.43. The first kappa shape index (κ1) is 21.5. The Morgan fingerprint density at radius 2 is 1.39 bits per heavy atom. The Bertz CT molecular complexity index is 182. The maximum Gasteiger partial charge on any atom is 0.134 e. The van der Waals surface area contributed by atoms with Crippen LogP contribution in [0.25, 0.3) is 0 Å². The van der Waals surface area contributed by atoms with Crippen molar-refractivity contribution < 1.29 is 24.3 Å². The van der Waals surface area contributed by atoms with Crippen LogP contribution in [0, 0.1) is 10.8 Å². The van der Waals surface area contributed by atoms with Gasteiger partial charge in [0.25, 0.3) is 0 Å². The van der Waals surface area contributed by atoms with E-state index in [1.807, 2.05) is 13.8 Å². The van der Waals surface area contributed by atoms with Crippen LogP contribution in [-0.4, -0.2) is 57.2 Å². The zero-order valence-corrected chi connectivity index (χ0v) is 15.2. The second-order valence-electron chi connectivity index (χ2n) is 4.66. The van der Waals surface area contributed by atoms with Crippen molar-refractivity contribution in [2.24, 2.45) is 10.8 Å². The summed E-state index contributed by atoms with van der Waals surface area (Å²) in [6, 6.07) is 0. The lowest BCUT2D eigenvalue weighted by Gasteiger charge is -2.24. The second kappa shape index (κ2) is 11.0. The van der Waals surface area contributed by atoms with Crippen molar-refractivity contribution in [2.75, 3.05) is 31.8 Å². The van der Waals surface area contributed by atoms with Crippen molar-refractivity contribution in [2.45, 2.75) is 18.9 Å². The third-order valence-corrected chi connectivity index (χ3v) is 5.88. The third kappa shape index (κ3) is 7.74. The van der Waals surface area contributed by atoms with Crippen LogP contribution in [0.1, 0.15) is 13.8 Å². The van der Waals surface area contributed by atoms with E-state index in [4.69, 9.17) is 24.3 Å². The van der Waals surface area contributed by atoms with Crippen LogP contribution in [0.3, 0.4) is 0 Å². The molecule has 1 unspecified atom stereocenters. The highest BCUT2D eigenvalue weighted by Crippen LogP contribution is 2.28. The van der Waals surface area contributed by atoms with Gasteiger partial charge in [-0.2, -0.15) is 0 Å².